The molecule has 3 aromatic carbocycles. The summed E-state index contributed by atoms with van der Waals surface area (Å²) in [6.07, 6.45) is 7.83. The van der Waals surface area contributed by atoms with E-state index < -0.39 is 5.97 Å². The summed E-state index contributed by atoms with van der Waals surface area (Å²) in [4.78, 5) is 24.7. The second-order valence-corrected chi connectivity index (χ2v) is 7.82. The Balaban J connectivity index is 1.50. The molecule has 0 aromatic heterocycles. The Morgan fingerprint density at radius 2 is 1.35 bits per heavy atom. The number of ether oxygens (including phenoxy) is 3. The van der Waals surface area contributed by atoms with Crippen LogP contribution >= 0.6 is 0 Å². The average molecular weight is 459 g/mol. The van der Waals surface area contributed by atoms with Crippen molar-refractivity contribution < 1.29 is 23.8 Å². The molecule has 0 aliphatic heterocycles. The first kappa shape index (κ1) is 24.8. The van der Waals surface area contributed by atoms with Crippen molar-refractivity contribution in [2.24, 2.45) is 0 Å². The fourth-order valence-corrected chi connectivity index (χ4v) is 3.24. The Hall–Kier alpha value is -3.86. The van der Waals surface area contributed by atoms with Gasteiger partial charge in [-0.25, -0.2) is 4.79 Å². The smallest absolute Gasteiger partial charge is 0.343 e. The lowest BCUT2D eigenvalue weighted by molar-refractivity contribution is 0.0734. The molecular formula is C29H30O5. The Labute approximate surface area is 201 Å². The maximum absolute atomic E-state index is 12.4. The molecule has 0 saturated carbocycles. The van der Waals surface area contributed by atoms with Crippen molar-refractivity contribution >= 4 is 17.8 Å². The molecule has 5 heteroatoms. The Morgan fingerprint density at radius 1 is 0.735 bits per heavy atom. The van der Waals surface area contributed by atoms with Gasteiger partial charge in [0, 0.05) is 5.56 Å². The molecule has 0 unspecified atom stereocenters. The van der Waals surface area contributed by atoms with Gasteiger partial charge in [0.05, 0.1) is 19.3 Å². The molecule has 176 valence electrons. The first-order valence-corrected chi connectivity index (χ1v) is 11.5. The molecule has 5 nitrogen and oxygen atoms in total. The molecule has 0 heterocycles. The van der Waals surface area contributed by atoms with E-state index >= 15 is 0 Å². The van der Waals surface area contributed by atoms with Gasteiger partial charge in [-0.1, -0.05) is 44.4 Å². The number of carbonyl (C=O) groups is 2. The van der Waals surface area contributed by atoms with E-state index in [4.69, 9.17) is 14.2 Å². The third kappa shape index (κ3) is 7.62. The normalized spacial score (nSPS) is 10.8. The summed E-state index contributed by atoms with van der Waals surface area (Å²) in [7, 11) is 1.58. The number of rotatable bonds is 12. The molecule has 34 heavy (non-hydrogen) atoms. The van der Waals surface area contributed by atoms with Crippen LogP contribution in [0.2, 0.25) is 0 Å². The largest absolute Gasteiger partial charge is 0.497 e. The lowest BCUT2D eigenvalue weighted by Gasteiger charge is -2.08. The molecule has 0 fully saturated rings. The number of ketones is 1. The molecule has 0 radical (unpaired) electrons. The minimum absolute atomic E-state index is 0.105. The number of hydrogen-bond donors (Lipinski definition) is 0. The zero-order valence-corrected chi connectivity index (χ0v) is 19.7. The highest BCUT2D eigenvalue weighted by molar-refractivity contribution is 6.06. The molecular weight excluding hydrogens is 428 g/mol. The predicted octanol–water partition coefficient (Wildman–Crippen LogP) is 6.77. The second kappa shape index (κ2) is 13.0. The highest BCUT2D eigenvalue weighted by atomic mass is 16.5. The van der Waals surface area contributed by atoms with Crippen molar-refractivity contribution in [2.75, 3.05) is 13.7 Å². The van der Waals surface area contributed by atoms with E-state index in [9.17, 15) is 9.59 Å². The van der Waals surface area contributed by atoms with Gasteiger partial charge < -0.3 is 14.2 Å². The molecule has 0 atom stereocenters. The SMILES string of the molecule is CCCCCCOc1ccc(C(=O)Oc2ccc(/C=C/C(=O)c3ccc(OC)cc3)cc2)cc1. The van der Waals surface area contributed by atoms with E-state index in [0.29, 0.717) is 29.2 Å². The summed E-state index contributed by atoms with van der Waals surface area (Å²) in [5.41, 5.74) is 1.85. The topological polar surface area (TPSA) is 61.8 Å². The van der Waals surface area contributed by atoms with E-state index in [-0.39, 0.29) is 5.78 Å². The Morgan fingerprint density at radius 3 is 2.00 bits per heavy atom. The van der Waals surface area contributed by atoms with Crippen LogP contribution in [0.15, 0.2) is 78.9 Å². The van der Waals surface area contributed by atoms with Crippen molar-refractivity contribution in [3.8, 4) is 17.2 Å². The van der Waals surface area contributed by atoms with Gasteiger partial charge in [0.2, 0.25) is 0 Å². The first-order valence-electron chi connectivity index (χ1n) is 11.5. The average Bonchev–Trinajstić information content (AvgIpc) is 2.88. The summed E-state index contributed by atoms with van der Waals surface area (Å²) in [6.45, 7) is 2.86. The number of hydrogen-bond acceptors (Lipinski definition) is 5. The van der Waals surface area contributed by atoms with E-state index in [0.717, 1.165) is 24.2 Å². The molecule has 3 rings (SSSR count). The highest BCUT2D eigenvalue weighted by Gasteiger charge is 2.09. The molecule has 3 aromatic rings. The number of allylic oxidation sites excluding steroid dienone is 1. The van der Waals surface area contributed by atoms with E-state index in [2.05, 4.69) is 6.92 Å². The van der Waals surface area contributed by atoms with Crippen LogP contribution in [0.5, 0.6) is 17.2 Å². The van der Waals surface area contributed by atoms with Crippen LogP contribution in [0.1, 0.15) is 58.9 Å². The van der Waals surface area contributed by atoms with Crippen LogP contribution in [0.3, 0.4) is 0 Å². The van der Waals surface area contributed by atoms with Crippen LogP contribution in [0.25, 0.3) is 6.08 Å². The van der Waals surface area contributed by atoms with Crippen LogP contribution in [0.4, 0.5) is 0 Å². The predicted molar refractivity (Wildman–Crippen MR) is 134 cm³/mol. The molecule has 0 amide bonds. The standard InChI is InChI=1S/C29H30O5/c1-3-4-5-6-21-33-26-18-12-24(13-19-26)29(31)34-27-14-7-22(8-15-27)9-20-28(30)23-10-16-25(32-2)17-11-23/h7-20H,3-6,21H2,1-2H3/b20-9+. The number of esters is 1. The van der Waals surface area contributed by atoms with Crippen molar-refractivity contribution in [3.05, 3.63) is 95.6 Å². The van der Waals surface area contributed by atoms with Crippen LogP contribution in [0, 0.1) is 0 Å². The summed E-state index contributed by atoms with van der Waals surface area (Å²) < 4.78 is 16.3. The zero-order chi connectivity index (χ0) is 24.2. The molecule has 0 aliphatic carbocycles. The second-order valence-electron chi connectivity index (χ2n) is 7.82. The number of benzene rings is 3. The molecule has 0 saturated heterocycles. The number of carbonyl (C=O) groups excluding carboxylic acids is 2. The number of methoxy groups -OCH3 is 1. The summed E-state index contributed by atoms with van der Waals surface area (Å²) >= 11 is 0. The monoisotopic (exact) mass is 458 g/mol. The van der Waals surface area contributed by atoms with Crippen molar-refractivity contribution in [3.63, 3.8) is 0 Å². The van der Waals surface area contributed by atoms with Gasteiger partial charge >= 0.3 is 5.97 Å². The molecule has 0 aliphatic rings. The van der Waals surface area contributed by atoms with Gasteiger partial charge in [-0.05, 0) is 78.7 Å². The van der Waals surface area contributed by atoms with E-state index in [1.54, 1.807) is 86.0 Å². The lowest BCUT2D eigenvalue weighted by atomic mass is 10.1. The zero-order valence-electron chi connectivity index (χ0n) is 19.7. The van der Waals surface area contributed by atoms with Crippen LogP contribution in [-0.4, -0.2) is 25.5 Å². The van der Waals surface area contributed by atoms with Crippen LogP contribution in [-0.2, 0) is 0 Å². The Kier molecular flexibility index (Phi) is 9.47. The quantitative estimate of drug-likeness (QED) is 0.0985. The van der Waals surface area contributed by atoms with Crippen molar-refractivity contribution in [2.45, 2.75) is 32.6 Å². The fraction of sp³-hybridized carbons (Fsp3) is 0.241. The van der Waals surface area contributed by atoms with Crippen LogP contribution < -0.4 is 14.2 Å². The van der Waals surface area contributed by atoms with Gasteiger partial charge in [-0.2, -0.15) is 0 Å². The van der Waals surface area contributed by atoms with Gasteiger partial charge in [-0.15, -0.1) is 0 Å². The van der Waals surface area contributed by atoms with E-state index in [1.807, 2.05) is 0 Å². The number of unbranched alkanes of at least 4 members (excludes halogenated alkanes) is 3. The fourth-order valence-electron chi connectivity index (χ4n) is 3.24. The summed E-state index contributed by atoms with van der Waals surface area (Å²) in [6, 6.07) is 20.9. The van der Waals surface area contributed by atoms with Gasteiger partial charge in [-0.3, -0.25) is 4.79 Å². The minimum atomic E-state index is -0.438. The third-order valence-electron chi connectivity index (χ3n) is 5.25. The minimum Gasteiger partial charge on any atom is -0.497 e. The highest BCUT2D eigenvalue weighted by Crippen LogP contribution is 2.18. The molecule has 0 N–H and O–H groups in total. The molecule has 0 bridgehead atoms. The third-order valence-corrected chi connectivity index (χ3v) is 5.25. The lowest BCUT2D eigenvalue weighted by Crippen LogP contribution is -2.08. The summed E-state index contributed by atoms with van der Waals surface area (Å²) in [5, 5.41) is 0. The van der Waals surface area contributed by atoms with E-state index in [1.165, 1.54) is 18.9 Å². The van der Waals surface area contributed by atoms with Crippen molar-refractivity contribution in [1.29, 1.82) is 0 Å². The summed E-state index contributed by atoms with van der Waals surface area (Å²) in [5.74, 6) is 1.33. The molecule has 0 spiro atoms. The maximum atomic E-state index is 12.4. The van der Waals surface area contributed by atoms with Gasteiger partial charge in [0.1, 0.15) is 17.2 Å². The van der Waals surface area contributed by atoms with Gasteiger partial charge in [0.15, 0.2) is 5.78 Å². The Bertz CT molecular complexity index is 1080. The first-order chi connectivity index (χ1) is 16.6. The maximum Gasteiger partial charge on any atom is 0.343 e. The van der Waals surface area contributed by atoms with Crippen molar-refractivity contribution in [1.82, 2.24) is 0 Å². The van der Waals surface area contributed by atoms with Gasteiger partial charge in [0.25, 0.3) is 0 Å².